The second kappa shape index (κ2) is 9.56. The molecule has 0 aliphatic carbocycles. The highest BCUT2D eigenvalue weighted by molar-refractivity contribution is 5.89. The van der Waals surface area contributed by atoms with Gasteiger partial charge in [-0.05, 0) is 31.2 Å². The lowest BCUT2D eigenvalue weighted by Crippen LogP contribution is -2.54. The second-order valence-electron chi connectivity index (χ2n) is 6.18. The number of nitrogens with one attached hydrogen (secondary N) is 1. The molecule has 146 valence electrons. The van der Waals surface area contributed by atoms with Crippen LogP contribution >= 0.6 is 0 Å². The Bertz CT molecular complexity index is 692. The van der Waals surface area contributed by atoms with E-state index in [0.717, 1.165) is 5.56 Å². The number of aliphatic carboxylic acids is 2. The van der Waals surface area contributed by atoms with Crippen molar-refractivity contribution in [3.63, 3.8) is 0 Å². The average molecular weight is 376 g/mol. The number of hydrogen-bond donors (Lipinski definition) is 1. The molecule has 9 heteroatoms. The zero-order valence-electron chi connectivity index (χ0n) is 14.6. The zero-order chi connectivity index (χ0) is 19.8. The number of carboxylic acid groups (broad SMARTS) is 2. The van der Waals surface area contributed by atoms with Gasteiger partial charge in [0.25, 0.3) is 0 Å². The zero-order valence-corrected chi connectivity index (χ0v) is 14.6. The van der Waals surface area contributed by atoms with E-state index in [9.17, 15) is 29.4 Å². The number of benzene rings is 1. The number of rotatable bonds is 8. The molecular formula is C18H20N2O7-2. The van der Waals surface area contributed by atoms with Crippen molar-refractivity contribution in [2.24, 2.45) is 0 Å². The van der Waals surface area contributed by atoms with Gasteiger partial charge in [-0.3, -0.25) is 9.69 Å². The topological polar surface area (TPSA) is 139 Å². The van der Waals surface area contributed by atoms with Gasteiger partial charge in [-0.1, -0.05) is 30.3 Å². The van der Waals surface area contributed by atoms with Gasteiger partial charge in [0.1, 0.15) is 12.6 Å². The highest BCUT2D eigenvalue weighted by Gasteiger charge is 2.36. The molecule has 0 bridgehead atoms. The highest BCUT2D eigenvalue weighted by Crippen LogP contribution is 2.19. The molecule has 1 aliphatic heterocycles. The van der Waals surface area contributed by atoms with Gasteiger partial charge < -0.3 is 29.9 Å². The Kier molecular flexibility index (Phi) is 7.16. The predicted molar refractivity (Wildman–Crippen MR) is 87.5 cm³/mol. The van der Waals surface area contributed by atoms with E-state index < -0.39 is 42.4 Å². The van der Waals surface area contributed by atoms with Crippen molar-refractivity contribution < 1.29 is 34.1 Å². The fraction of sp³-hybridized carbons (Fsp3) is 0.444. The van der Waals surface area contributed by atoms with Crippen LogP contribution in [0.15, 0.2) is 30.3 Å². The average Bonchev–Trinajstić information content (AvgIpc) is 3.13. The molecule has 27 heavy (non-hydrogen) atoms. The number of carboxylic acids is 2. The largest absolute Gasteiger partial charge is 0.550 e. The Morgan fingerprint density at radius 3 is 2.52 bits per heavy atom. The Morgan fingerprint density at radius 2 is 1.89 bits per heavy atom. The normalized spacial score (nSPS) is 17.2. The Morgan fingerprint density at radius 1 is 1.19 bits per heavy atom. The molecule has 1 aromatic rings. The number of likely N-dealkylation sites (tertiary alicyclic amines) is 1. The SMILES string of the molecule is O=C([O-])CC[C@H](NC(=O)[C@@H]1CCCN1C(=O)OCc1ccccc1)C(=O)[O-]. The van der Waals surface area contributed by atoms with Gasteiger partial charge in [-0.15, -0.1) is 0 Å². The van der Waals surface area contributed by atoms with Crippen LogP contribution in [-0.2, 0) is 25.7 Å². The van der Waals surface area contributed by atoms with E-state index in [1.54, 1.807) is 12.1 Å². The van der Waals surface area contributed by atoms with Gasteiger partial charge in [0.05, 0.1) is 12.0 Å². The van der Waals surface area contributed by atoms with Crippen molar-refractivity contribution >= 4 is 23.9 Å². The minimum Gasteiger partial charge on any atom is -0.550 e. The van der Waals surface area contributed by atoms with Crippen molar-refractivity contribution in [1.82, 2.24) is 10.2 Å². The molecule has 1 fully saturated rings. The molecule has 0 spiro atoms. The monoisotopic (exact) mass is 376 g/mol. The van der Waals surface area contributed by atoms with Gasteiger partial charge in [-0.25, -0.2) is 4.79 Å². The maximum absolute atomic E-state index is 12.4. The fourth-order valence-corrected chi connectivity index (χ4v) is 2.84. The molecule has 1 aliphatic rings. The van der Waals surface area contributed by atoms with E-state index in [-0.39, 0.29) is 13.0 Å². The molecule has 0 radical (unpaired) electrons. The van der Waals surface area contributed by atoms with Crippen LogP contribution in [-0.4, -0.2) is 47.5 Å². The van der Waals surface area contributed by atoms with Crippen LogP contribution in [0.25, 0.3) is 0 Å². The molecule has 2 atom stereocenters. The van der Waals surface area contributed by atoms with E-state index in [2.05, 4.69) is 5.32 Å². The summed E-state index contributed by atoms with van der Waals surface area (Å²) >= 11 is 0. The van der Waals surface area contributed by atoms with E-state index in [4.69, 9.17) is 4.74 Å². The Hall–Kier alpha value is -3.10. The first-order chi connectivity index (χ1) is 12.9. The summed E-state index contributed by atoms with van der Waals surface area (Å²) in [7, 11) is 0. The number of carbonyl (C=O) groups is 4. The lowest BCUT2D eigenvalue weighted by atomic mass is 10.1. The number of ether oxygens (including phenoxy) is 1. The van der Waals surface area contributed by atoms with E-state index in [0.29, 0.717) is 19.4 Å². The van der Waals surface area contributed by atoms with Crippen LogP contribution in [0.4, 0.5) is 4.79 Å². The molecule has 0 aromatic heterocycles. The van der Waals surface area contributed by atoms with Crippen LogP contribution in [0.5, 0.6) is 0 Å². The van der Waals surface area contributed by atoms with Crippen molar-refractivity contribution in [2.75, 3.05) is 6.54 Å². The van der Waals surface area contributed by atoms with Crippen molar-refractivity contribution in [3.05, 3.63) is 35.9 Å². The third kappa shape index (κ3) is 5.98. The summed E-state index contributed by atoms with van der Waals surface area (Å²) in [5, 5.41) is 23.8. The quantitative estimate of drug-likeness (QED) is 0.586. The standard InChI is InChI=1S/C18H22N2O7/c21-15(22)9-8-13(17(24)25)19-16(23)14-7-4-10-20(14)18(26)27-11-12-5-2-1-3-6-12/h1-3,5-6,13-14H,4,7-11H2,(H,19,23)(H,21,22)(H,24,25)/p-2/t13-,14-/m0/s1. The van der Waals surface area contributed by atoms with Crippen molar-refractivity contribution in [1.29, 1.82) is 0 Å². The molecule has 1 heterocycles. The van der Waals surface area contributed by atoms with E-state index in [1.165, 1.54) is 4.90 Å². The predicted octanol–water partition coefficient (Wildman–Crippen LogP) is -1.45. The Balaban J connectivity index is 1.92. The third-order valence-electron chi connectivity index (χ3n) is 4.23. The molecule has 1 N–H and O–H groups in total. The maximum Gasteiger partial charge on any atom is 0.410 e. The summed E-state index contributed by atoms with van der Waals surface area (Å²) in [6, 6.07) is 6.69. The van der Waals surface area contributed by atoms with Crippen LogP contribution in [0.1, 0.15) is 31.2 Å². The van der Waals surface area contributed by atoms with Crippen molar-refractivity contribution in [3.8, 4) is 0 Å². The van der Waals surface area contributed by atoms with Gasteiger partial charge in [-0.2, -0.15) is 0 Å². The van der Waals surface area contributed by atoms with Crippen LogP contribution in [0, 0.1) is 0 Å². The first-order valence-electron chi connectivity index (χ1n) is 8.57. The number of carbonyl (C=O) groups excluding carboxylic acids is 4. The summed E-state index contributed by atoms with van der Waals surface area (Å²) in [6.45, 7) is 0.360. The lowest BCUT2D eigenvalue weighted by Gasteiger charge is -2.26. The van der Waals surface area contributed by atoms with Crippen LogP contribution < -0.4 is 15.5 Å². The molecule has 2 amide bonds. The number of amides is 2. The molecule has 0 saturated carbocycles. The Labute approximate surface area is 155 Å². The van der Waals surface area contributed by atoms with Gasteiger partial charge in [0.2, 0.25) is 5.91 Å². The van der Waals surface area contributed by atoms with Crippen LogP contribution in [0.2, 0.25) is 0 Å². The molecule has 9 nitrogen and oxygen atoms in total. The summed E-state index contributed by atoms with van der Waals surface area (Å²) in [4.78, 5) is 47.5. The minimum absolute atomic E-state index is 0.0534. The smallest absolute Gasteiger partial charge is 0.410 e. The summed E-state index contributed by atoms with van der Waals surface area (Å²) in [5.74, 6) is -3.71. The van der Waals surface area contributed by atoms with Crippen molar-refractivity contribution in [2.45, 2.75) is 44.4 Å². The number of nitrogens with zero attached hydrogens (tertiary/aromatic N) is 1. The molecular weight excluding hydrogens is 356 g/mol. The highest BCUT2D eigenvalue weighted by atomic mass is 16.6. The molecule has 2 rings (SSSR count). The molecule has 0 unspecified atom stereocenters. The first-order valence-corrected chi connectivity index (χ1v) is 8.57. The lowest BCUT2D eigenvalue weighted by molar-refractivity contribution is -0.310. The third-order valence-corrected chi connectivity index (χ3v) is 4.23. The van der Waals surface area contributed by atoms with Crippen LogP contribution in [0.3, 0.4) is 0 Å². The summed E-state index contributed by atoms with van der Waals surface area (Å²) in [6.07, 6.45) is -0.648. The minimum atomic E-state index is -1.60. The van der Waals surface area contributed by atoms with E-state index >= 15 is 0 Å². The number of hydrogen-bond acceptors (Lipinski definition) is 7. The second-order valence-corrected chi connectivity index (χ2v) is 6.18. The summed E-state index contributed by atoms with van der Waals surface area (Å²) in [5.41, 5.74) is 0.797. The van der Waals surface area contributed by atoms with E-state index in [1.807, 2.05) is 18.2 Å². The van der Waals surface area contributed by atoms with Gasteiger partial charge in [0.15, 0.2) is 0 Å². The molecule has 1 saturated heterocycles. The van der Waals surface area contributed by atoms with Gasteiger partial charge >= 0.3 is 6.09 Å². The first kappa shape index (κ1) is 20.2. The maximum atomic E-state index is 12.4. The summed E-state index contributed by atoms with van der Waals surface area (Å²) < 4.78 is 5.22. The fourth-order valence-electron chi connectivity index (χ4n) is 2.84. The van der Waals surface area contributed by atoms with Gasteiger partial charge in [0, 0.05) is 12.5 Å². The molecule has 1 aromatic carbocycles.